The van der Waals surface area contributed by atoms with Crippen LogP contribution in [0.5, 0.6) is 11.5 Å². The van der Waals surface area contributed by atoms with Crippen molar-refractivity contribution in [2.45, 2.75) is 13.3 Å². The van der Waals surface area contributed by atoms with E-state index >= 15 is 0 Å². The van der Waals surface area contributed by atoms with Gasteiger partial charge in [-0.25, -0.2) is 0 Å². The molecular formula is C12H17NO2. The number of hydrogen-bond donors (Lipinski definition) is 2. The Hall–Kier alpha value is -1.48. The molecule has 3 N–H and O–H groups in total. The maximum atomic E-state index is 9.82. The summed E-state index contributed by atoms with van der Waals surface area (Å²) in [7, 11) is 1.55. The van der Waals surface area contributed by atoms with Gasteiger partial charge in [-0.1, -0.05) is 19.1 Å². The number of rotatable bonds is 4. The number of ether oxygens (including phenoxy) is 1. The fourth-order valence-electron chi connectivity index (χ4n) is 1.37. The van der Waals surface area contributed by atoms with E-state index in [4.69, 9.17) is 10.5 Å². The molecule has 82 valence electrons. The Labute approximate surface area is 90.2 Å². The molecule has 0 atom stereocenters. The SMILES string of the molecule is CCc1cc(/C=C/CN)c(O)c(OC)c1. The van der Waals surface area contributed by atoms with Gasteiger partial charge in [0.25, 0.3) is 0 Å². The highest BCUT2D eigenvalue weighted by molar-refractivity contribution is 5.63. The van der Waals surface area contributed by atoms with E-state index in [9.17, 15) is 5.11 Å². The van der Waals surface area contributed by atoms with Gasteiger partial charge in [-0.15, -0.1) is 0 Å². The van der Waals surface area contributed by atoms with Crippen LogP contribution in [0.25, 0.3) is 6.08 Å². The number of hydrogen-bond acceptors (Lipinski definition) is 3. The van der Waals surface area contributed by atoms with Crippen molar-refractivity contribution in [1.29, 1.82) is 0 Å². The fourth-order valence-corrected chi connectivity index (χ4v) is 1.37. The lowest BCUT2D eigenvalue weighted by Crippen LogP contribution is -1.93. The van der Waals surface area contributed by atoms with Crippen LogP contribution in [0.2, 0.25) is 0 Å². The molecule has 0 aliphatic heterocycles. The van der Waals surface area contributed by atoms with Crippen molar-refractivity contribution in [1.82, 2.24) is 0 Å². The maximum Gasteiger partial charge on any atom is 0.165 e. The minimum Gasteiger partial charge on any atom is -0.504 e. The number of aryl methyl sites for hydroxylation is 1. The van der Waals surface area contributed by atoms with Gasteiger partial charge >= 0.3 is 0 Å². The lowest BCUT2D eigenvalue weighted by atomic mass is 10.1. The Morgan fingerprint density at radius 1 is 1.47 bits per heavy atom. The zero-order valence-electron chi connectivity index (χ0n) is 9.16. The van der Waals surface area contributed by atoms with Crippen LogP contribution in [-0.2, 0) is 6.42 Å². The molecule has 0 aromatic heterocycles. The van der Waals surface area contributed by atoms with Gasteiger partial charge in [0.1, 0.15) is 0 Å². The van der Waals surface area contributed by atoms with Crippen LogP contribution >= 0.6 is 0 Å². The maximum absolute atomic E-state index is 9.82. The van der Waals surface area contributed by atoms with Crippen molar-refractivity contribution >= 4 is 6.08 Å². The zero-order valence-corrected chi connectivity index (χ0v) is 9.16. The first-order valence-corrected chi connectivity index (χ1v) is 4.99. The zero-order chi connectivity index (χ0) is 11.3. The van der Waals surface area contributed by atoms with Crippen molar-refractivity contribution < 1.29 is 9.84 Å². The Bertz CT molecular complexity index is 359. The van der Waals surface area contributed by atoms with Gasteiger partial charge in [0.15, 0.2) is 11.5 Å². The molecule has 1 aromatic rings. The van der Waals surface area contributed by atoms with Crippen LogP contribution in [0.4, 0.5) is 0 Å². The van der Waals surface area contributed by atoms with Crippen LogP contribution in [0.3, 0.4) is 0 Å². The topological polar surface area (TPSA) is 55.5 Å². The van der Waals surface area contributed by atoms with Crippen LogP contribution < -0.4 is 10.5 Å². The van der Waals surface area contributed by atoms with Crippen LogP contribution in [0.15, 0.2) is 18.2 Å². The lowest BCUT2D eigenvalue weighted by Gasteiger charge is -2.08. The molecule has 0 aliphatic rings. The number of aromatic hydroxyl groups is 1. The molecule has 0 radical (unpaired) electrons. The Morgan fingerprint density at radius 3 is 2.73 bits per heavy atom. The summed E-state index contributed by atoms with van der Waals surface area (Å²) in [4.78, 5) is 0. The van der Waals surface area contributed by atoms with Crippen molar-refractivity contribution in [3.63, 3.8) is 0 Å². The summed E-state index contributed by atoms with van der Waals surface area (Å²) in [5.74, 6) is 0.672. The second-order valence-corrected chi connectivity index (χ2v) is 3.23. The number of nitrogens with two attached hydrogens (primary N) is 1. The summed E-state index contributed by atoms with van der Waals surface area (Å²) < 4.78 is 5.09. The molecule has 0 fully saturated rings. The minimum absolute atomic E-state index is 0.166. The van der Waals surface area contributed by atoms with E-state index in [1.807, 2.05) is 12.1 Å². The monoisotopic (exact) mass is 207 g/mol. The van der Waals surface area contributed by atoms with Crippen molar-refractivity contribution in [3.8, 4) is 11.5 Å². The van der Waals surface area contributed by atoms with Gasteiger partial charge in [0.05, 0.1) is 7.11 Å². The number of methoxy groups -OCH3 is 1. The van der Waals surface area contributed by atoms with Gasteiger partial charge in [-0.3, -0.25) is 0 Å². The summed E-state index contributed by atoms with van der Waals surface area (Å²) >= 11 is 0. The summed E-state index contributed by atoms with van der Waals surface area (Å²) in [6.45, 7) is 2.51. The molecule has 0 bridgehead atoms. The van der Waals surface area contributed by atoms with E-state index in [0.29, 0.717) is 12.3 Å². The van der Waals surface area contributed by atoms with Crippen LogP contribution in [-0.4, -0.2) is 18.8 Å². The quantitative estimate of drug-likeness (QED) is 0.793. The summed E-state index contributed by atoms with van der Waals surface area (Å²) in [6.07, 6.45) is 4.51. The first-order valence-electron chi connectivity index (χ1n) is 4.99. The highest BCUT2D eigenvalue weighted by Gasteiger charge is 2.07. The Morgan fingerprint density at radius 2 is 2.20 bits per heavy atom. The lowest BCUT2D eigenvalue weighted by molar-refractivity contribution is 0.372. The summed E-state index contributed by atoms with van der Waals surface area (Å²) in [5.41, 5.74) is 7.24. The third-order valence-corrected chi connectivity index (χ3v) is 2.23. The Kier molecular flexibility index (Phi) is 4.18. The van der Waals surface area contributed by atoms with E-state index < -0.39 is 0 Å². The molecule has 0 heterocycles. The number of benzene rings is 1. The standard InChI is InChI=1S/C12H17NO2/c1-3-9-7-10(5-4-6-13)12(14)11(8-9)15-2/h4-5,7-8,14H,3,6,13H2,1-2H3/b5-4+. The predicted molar refractivity (Wildman–Crippen MR) is 62.1 cm³/mol. The number of phenolic OH excluding ortho intramolecular Hbond substituents is 1. The predicted octanol–water partition coefficient (Wildman–Crippen LogP) is 1.94. The number of phenols is 1. The third-order valence-electron chi connectivity index (χ3n) is 2.23. The van der Waals surface area contributed by atoms with Crippen molar-refractivity contribution in [2.24, 2.45) is 5.73 Å². The van der Waals surface area contributed by atoms with Gasteiger partial charge < -0.3 is 15.6 Å². The van der Waals surface area contributed by atoms with E-state index in [1.165, 1.54) is 0 Å². The second kappa shape index (κ2) is 5.41. The molecule has 3 nitrogen and oxygen atoms in total. The average Bonchev–Trinajstić information content (AvgIpc) is 2.27. The van der Waals surface area contributed by atoms with E-state index in [-0.39, 0.29) is 5.75 Å². The molecular weight excluding hydrogens is 190 g/mol. The largest absolute Gasteiger partial charge is 0.504 e. The molecule has 1 rings (SSSR count). The van der Waals surface area contributed by atoms with Gasteiger partial charge in [-0.2, -0.15) is 0 Å². The highest BCUT2D eigenvalue weighted by Crippen LogP contribution is 2.32. The van der Waals surface area contributed by atoms with Crippen molar-refractivity contribution in [3.05, 3.63) is 29.3 Å². The molecule has 15 heavy (non-hydrogen) atoms. The van der Waals surface area contributed by atoms with Crippen LogP contribution in [0, 0.1) is 0 Å². The molecule has 1 aromatic carbocycles. The molecule has 0 spiro atoms. The molecule has 0 unspecified atom stereocenters. The summed E-state index contributed by atoms with van der Waals surface area (Å²) in [6, 6.07) is 3.78. The highest BCUT2D eigenvalue weighted by atomic mass is 16.5. The smallest absolute Gasteiger partial charge is 0.165 e. The van der Waals surface area contributed by atoms with Crippen LogP contribution in [0.1, 0.15) is 18.1 Å². The van der Waals surface area contributed by atoms with E-state index in [0.717, 1.165) is 17.5 Å². The first kappa shape index (κ1) is 11.6. The van der Waals surface area contributed by atoms with Gasteiger partial charge in [0, 0.05) is 12.1 Å². The third kappa shape index (κ3) is 2.73. The minimum atomic E-state index is 0.166. The molecule has 0 saturated heterocycles. The normalized spacial score (nSPS) is 10.9. The van der Waals surface area contributed by atoms with E-state index in [1.54, 1.807) is 19.3 Å². The summed E-state index contributed by atoms with van der Waals surface area (Å²) in [5, 5.41) is 9.82. The molecule has 0 amide bonds. The van der Waals surface area contributed by atoms with E-state index in [2.05, 4.69) is 6.92 Å². The van der Waals surface area contributed by atoms with Gasteiger partial charge in [0.2, 0.25) is 0 Å². The molecule has 0 saturated carbocycles. The second-order valence-electron chi connectivity index (χ2n) is 3.23. The van der Waals surface area contributed by atoms with Gasteiger partial charge in [-0.05, 0) is 24.1 Å². The first-order chi connectivity index (χ1) is 7.22. The molecule has 3 heteroatoms. The fraction of sp³-hybridized carbons (Fsp3) is 0.333. The Balaban J connectivity index is 3.17. The molecule has 0 aliphatic carbocycles. The van der Waals surface area contributed by atoms with Crippen molar-refractivity contribution in [2.75, 3.05) is 13.7 Å². The average molecular weight is 207 g/mol.